The molecule has 0 saturated heterocycles. The van der Waals surface area contributed by atoms with Crippen LogP contribution >= 0.6 is 0 Å². The summed E-state index contributed by atoms with van der Waals surface area (Å²) in [6, 6.07) is 5.93. The molecule has 1 atom stereocenters. The lowest BCUT2D eigenvalue weighted by Crippen LogP contribution is -2.20. The topological polar surface area (TPSA) is 61.2 Å². The van der Waals surface area contributed by atoms with E-state index in [0.717, 1.165) is 23.4 Å². The number of oxazole rings is 1. The Hall–Kier alpha value is -1.55. The van der Waals surface area contributed by atoms with Gasteiger partial charge in [0.2, 0.25) is 0 Å². The Morgan fingerprint density at radius 3 is 2.89 bits per heavy atom. The molecule has 1 saturated carbocycles. The van der Waals surface area contributed by atoms with Crippen molar-refractivity contribution in [2.24, 2.45) is 11.7 Å². The molecule has 2 N–H and O–H groups in total. The molecule has 0 spiro atoms. The zero-order chi connectivity index (χ0) is 13.4. The normalized spacial score (nSPS) is 17.6. The highest BCUT2D eigenvalue weighted by Gasteiger charge is 2.21. The van der Waals surface area contributed by atoms with E-state index in [1.807, 2.05) is 25.1 Å². The highest BCUT2D eigenvalue weighted by Crippen LogP contribution is 2.34. The first-order chi connectivity index (χ1) is 9.19. The van der Waals surface area contributed by atoms with Crippen LogP contribution in [-0.2, 0) is 6.54 Å². The Balaban J connectivity index is 1.90. The van der Waals surface area contributed by atoms with Crippen LogP contribution in [0.1, 0.15) is 44.2 Å². The second-order valence-corrected chi connectivity index (χ2v) is 5.48. The van der Waals surface area contributed by atoms with Crippen LogP contribution in [-0.4, -0.2) is 4.57 Å². The molecule has 1 fully saturated rings. The summed E-state index contributed by atoms with van der Waals surface area (Å²) < 4.78 is 6.91. The maximum Gasteiger partial charge on any atom is 0.419 e. The van der Waals surface area contributed by atoms with E-state index in [-0.39, 0.29) is 11.8 Å². The van der Waals surface area contributed by atoms with Crippen molar-refractivity contribution in [2.75, 3.05) is 0 Å². The van der Waals surface area contributed by atoms with Crippen LogP contribution in [0.25, 0.3) is 11.1 Å². The maximum atomic E-state index is 11.6. The number of benzene rings is 1. The molecule has 1 heterocycles. The van der Waals surface area contributed by atoms with Crippen LogP contribution in [0.4, 0.5) is 0 Å². The molecule has 2 aromatic rings. The summed E-state index contributed by atoms with van der Waals surface area (Å²) in [7, 11) is 0. The molecule has 4 nitrogen and oxygen atoms in total. The molecule has 0 amide bonds. The fraction of sp³-hybridized carbons (Fsp3) is 0.533. The Morgan fingerprint density at radius 2 is 2.26 bits per heavy atom. The summed E-state index contributed by atoms with van der Waals surface area (Å²) in [5.41, 5.74) is 8.81. The van der Waals surface area contributed by atoms with E-state index < -0.39 is 0 Å². The summed E-state index contributed by atoms with van der Waals surface area (Å²) in [5, 5.41) is 0. The number of nitrogens with two attached hydrogens (primary N) is 1. The average molecular weight is 260 g/mol. The van der Waals surface area contributed by atoms with Gasteiger partial charge in [0.15, 0.2) is 5.58 Å². The van der Waals surface area contributed by atoms with Crippen LogP contribution in [0.5, 0.6) is 0 Å². The van der Waals surface area contributed by atoms with Gasteiger partial charge in [-0.3, -0.25) is 4.57 Å². The fourth-order valence-corrected chi connectivity index (χ4v) is 2.84. The van der Waals surface area contributed by atoms with E-state index >= 15 is 0 Å². The highest BCUT2D eigenvalue weighted by atomic mass is 16.4. The molecular formula is C15H20N2O2. The molecule has 1 aromatic carbocycles. The minimum Gasteiger partial charge on any atom is -0.408 e. The zero-order valence-corrected chi connectivity index (χ0v) is 11.3. The van der Waals surface area contributed by atoms with Crippen LogP contribution in [0.3, 0.4) is 0 Å². The van der Waals surface area contributed by atoms with Crippen molar-refractivity contribution >= 4 is 11.1 Å². The maximum absolute atomic E-state index is 11.6. The molecule has 3 rings (SSSR count). The zero-order valence-electron chi connectivity index (χ0n) is 11.3. The highest BCUT2D eigenvalue weighted by molar-refractivity contribution is 5.73. The van der Waals surface area contributed by atoms with Crippen LogP contribution < -0.4 is 11.5 Å². The molecular weight excluding hydrogens is 240 g/mol. The number of rotatable bonds is 4. The lowest BCUT2D eigenvalue weighted by Gasteiger charge is -2.28. The predicted molar refractivity (Wildman–Crippen MR) is 75.0 cm³/mol. The molecule has 4 heteroatoms. The van der Waals surface area contributed by atoms with Crippen molar-refractivity contribution in [3.63, 3.8) is 0 Å². The standard InChI is InChI=1S/C15H20N2O2/c1-2-17-13-7-6-11(9-14(13)19-15(17)18)12(16)8-10-4-3-5-10/h6-7,9-10,12H,2-5,8,16H2,1H3. The number of hydrogen-bond donors (Lipinski definition) is 1. The lowest BCUT2D eigenvalue weighted by molar-refractivity contribution is 0.277. The lowest BCUT2D eigenvalue weighted by atomic mass is 9.80. The van der Waals surface area contributed by atoms with E-state index in [2.05, 4.69) is 0 Å². The molecule has 1 aliphatic rings. The van der Waals surface area contributed by atoms with Crippen LogP contribution in [0, 0.1) is 5.92 Å². The quantitative estimate of drug-likeness (QED) is 0.919. The predicted octanol–water partition coefficient (Wildman–Crippen LogP) is 2.80. The minimum atomic E-state index is -0.290. The summed E-state index contributed by atoms with van der Waals surface area (Å²) in [6.45, 7) is 2.56. The van der Waals surface area contributed by atoms with Gasteiger partial charge in [0.05, 0.1) is 5.52 Å². The van der Waals surface area contributed by atoms with Gasteiger partial charge in [0.1, 0.15) is 0 Å². The first-order valence-electron chi connectivity index (χ1n) is 7.08. The average Bonchev–Trinajstić information content (AvgIpc) is 2.67. The molecule has 1 unspecified atom stereocenters. The molecule has 0 bridgehead atoms. The van der Waals surface area contributed by atoms with Gasteiger partial charge in [0, 0.05) is 12.6 Å². The molecule has 102 valence electrons. The van der Waals surface area contributed by atoms with E-state index in [4.69, 9.17) is 10.2 Å². The Labute approximate surface area is 112 Å². The van der Waals surface area contributed by atoms with Crippen molar-refractivity contribution in [3.8, 4) is 0 Å². The van der Waals surface area contributed by atoms with Gasteiger partial charge in [-0.1, -0.05) is 25.3 Å². The van der Waals surface area contributed by atoms with Crippen molar-refractivity contribution in [2.45, 2.75) is 45.2 Å². The molecule has 0 radical (unpaired) electrons. The third-order valence-electron chi connectivity index (χ3n) is 4.25. The number of aromatic nitrogens is 1. The molecule has 1 aliphatic carbocycles. The van der Waals surface area contributed by atoms with Gasteiger partial charge in [-0.2, -0.15) is 0 Å². The van der Waals surface area contributed by atoms with E-state index in [1.165, 1.54) is 19.3 Å². The van der Waals surface area contributed by atoms with E-state index in [0.29, 0.717) is 12.1 Å². The van der Waals surface area contributed by atoms with Gasteiger partial charge in [-0.25, -0.2) is 4.79 Å². The summed E-state index contributed by atoms with van der Waals surface area (Å²) in [5.74, 6) is 0.486. The van der Waals surface area contributed by atoms with Crippen molar-refractivity contribution in [1.29, 1.82) is 0 Å². The Kier molecular flexibility index (Phi) is 3.19. The van der Waals surface area contributed by atoms with Gasteiger partial charge >= 0.3 is 5.76 Å². The summed E-state index contributed by atoms with van der Waals surface area (Å²) in [4.78, 5) is 11.6. The van der Waals surface area contributed by atoms with Gasteiger partial charge < -0.3 is 10.2 Å². The second-order valence-electron chi connectivity index (χ2n) is 5.48. The number of fused-ring (bicyclic) bond motifs is 1. The van der Waals surface area contributed by atoms with Crippen molar-refractivity contribution in [1.82, 2.24) is 4.57 Å². The minimum absolute atomic E-state index is 0.0463. The van der Waals surface area contributed by atoms with Gasteiger partial charge in [-0.15, -0.1) is 0 Å². The number of hydrogen-bond acceptors (Lipinski definition) is 3. The van der Waals surface area contributed by atoms with Gasteiger partial charge in [-0.05, 0) is 37.0 Å². The largest absolute Gasteiger partial charge is 0.419 e. The molecule has 19 heavy (non-hydrogen) atoms. The second kappa shape index (κ2) is 4.85. The third-order valence-corrected chi connectivity index (χ3v) is 4.25. The Morgan fingerprint density at radius 1 is 1.47 bits per heavy atom. The SMILES string of the molecule is CCn1c(=O)oc2cc(C(N)CC3CCC3)ccc21. The van der Waals surface area contributed by atoms with Crippen molar-refractivity contribution < 1.29 is 4.42 Å². The smallest absolute Gasteiger partial charge is 0.408 e. The van der Waals surface area contributed by atoms with Crippen molar-refractivity contribution in [3.05, 3.63) is 34.3 Å². The van der Waals surface area contributed by atoms with E-state index in [1.54, 1.807) is 4.57 Å². The van der Waals surface area contributed by atoms with Gasteiger partial charge in [0.25, 0.3) is 0 Å². The summed E-state index contributed by atoms with van der Waals surface area (Å²) in [6.07, 6.45) is 4.98. The fourth-order valence-electron chi connectivity index (χ4n) is 2.84. The first kappa shape index (κ1) is 12.5. The number of aryl methyl sites for hydroxylation is 1. The monoisotopic (exact) mass is 260 g/mol. The molecule has 1 aromatic heterocycles. The Bertz CT molecular complexity index is 637. The summed E-state index contributed by atoms with van der Waals surface area (Å²) >= 11 is 0. The van der Waals surface area contributed by atoms with E-state index in [9.17, 15) is 4.79 Å². The van der Waals surface area contributed by atoms with Crippen LogP contribution in [0.2, 0.25) is 0 Å². The number of nitrogens with zero attached hydrogens (tertiary/aromatic N) is 1. The van der Waals surface area contributed by atoms with Crippen LogP contribution in [0.15, 0.2) is 27.4 Å². The first-order valence-corrected chi connectivity index (χ1v) is 7.08. The third kappa shape index (κ3) is 2.21. The molecule has 0 aliphatic heterocycles.